The summed E-state index contributed by atoms with van der Waals surface area (Å²) in [7, 11) is 0. The van der Waals surface area contributed by atoms with Gasteiger partial charge in [0.05, 0.1) is 6.10 Å². The van der Waals surface area contributed by atoms with E-state index in [1.807, 2.05) is 0 Å². The maximum Gasteiger partial charge on any atom is 0.133 e. The minimum Gasteiger partial charge on any atom is -0.393 e. The Kier molecular flexibility index (Phi) is 3.32. The molecule has 0 spiro atoms. The summed E-state index contributed by atoms with van der Waals surface area (Å²) in [5.74, 6) is 3.99. The molecule has 0 saturated heterocycles. The summed E-state index contributed by atoms with van der Waals surface area (Å²) in [6.07, 6.45) is 8.84. The molecule has 4 saturated carbocycles. The number of Topliss-reactive ketones (excluding diaryl/α,β-unsaturated/α-hetero) is 1. The van der Waals surface area contributed by atoms with Crippen LogP contribution in [0.2, 0.25) is 0 Å². The number of carbonyl (C=O) groups is 1. The number of ketones is 1. The van der Waals surface area contributed by atoms with Gasteiger partial charge in [-0.1, -0.05) is 20.8 Å². The molecule has 4 aliphatic rings. The molecule has 4 rings (SSSR count). The Morgan fingerprint density at radius 2 is 1.77 bits per heavy atom. The van der Waals surface area contributed by atoms with Crippen LogP contribution in [0.25, 0.3) is 0 Å². The van der Waals surface area contributed by atoms with Crippen molar-refractivity contribution >= 4 is 5.78 Å². The van der Waals surface area contributed by atoms with Gasteiger partial charge in [-0.3, -0.25) is 4.79 Å². The molecule has 2 heteroatoms. The highest BCUT2D eigenvalue weighted by Crippen LogP contribution is 2.66. The lowest BCUT2D eigenvalue weighted by atomic mass is 9.43. The van der Waals surface area contributed by atoms with Crippen molar-refractivity contribution in [1.82, 2.24) is 0 Å². The van der Waals surface area contributed by atoms with Crippen LogP contribution in [0, 0.1) is 40.4 Å². The first-order chi connectivity index (χ1) is 10.4. The molecule has 0 aromatic carbocycles. The molecule has 0 radical (unpaired) electrons. The van der Waals surface area contributed by atoms with Gasteiger partial charge < -0.3 is 5.11 Å². The van der Waals surface area contributed by atoms with E-state index in [1.54, 1.807) is 0 Å². The van der Waals surface area contributed by atoms with E-state index >= 15 is 0 Å². The summed E-state index contributed by atoms with van der Waals surface area (Å²) in [5.41, 5.74) is 0.545. The van der Waals surface area contributed by atoms with Gasteiger partial charge in [0, 0.05) is 12.8 Å². The second-order valence-electron chi connectivity index (χ2n) is 9.50. The number of aliphatic hydroxyl groups is 1. The fourth-order valence-corrected chi connectivity index (χ4v) is 7.45. The SMILES string of the molecule is CC1CC(=O)C[C@@H]2CC[C@H]3[C@@H]4CC[C@H](O)[C@@]4(C)CC[C@@H]3[C@@]12C. The molecule has 8 atom stereocenters. The zero-order valence-electron chi connectivity index (χ0n) is 14.5. The lowest BCUT2D eigenvalue weighted by Gasteiger charge is -2.62. The number of hydrogen-bond acceptors (Lipinski definition) is 2. The smallest absolute Gasteiger partial charge is 0.133 e. The monoisotopic (exact) mass is 304 g/mol. The Labute approximate surface area is 135 Å². The molecule has 4 aliphatic carbocycles. The van der Waals surface area contributed by atoms with Crippen LogP contribution in [0.5, 0.6) is 0 Å². The molecule has 0 heterocycles. The Morgan fingerprint density at radius 3 is 2.55 bits per heavy atom. The van der Waals surface area contributed by atoms with Gasteiger partial charge in [0.15, 0.2) is 0 Å². The molecule has 2 nitrogen and oxygen atoms in total. The average molecular weight is 304 g/mol. The predicted molar refractivity (Wildman–Crippen MR) is 87.3 cm³/mol. The summed E-state index contributed by atoms with van der Waals surface area (Å²) in [4.78, 5) is 12.1. The van der Waals surface area contributed by atoms with Gasteiger partial charge in [-0.15, -0.1) is 0 Å². The van der Waals surface area contributed by atoms with Crippen molar-refractivity contribution in [3.05, 3.63) is 0 Å². The van der Waals surface area contributed by atoms with Crippen LogP contribution in [0.3, 0.4) is 0 Å². The van der Waals surface area contributed by atoms with Crippen molar-refractivity contribution in [3.63, 3.8) is 0 Å². The van der Waals surface area contributed by atoms with Gasteiger partial charge in [-0.2, -0.15) is 0 Å². The maximum absolute atomic E-state index is 12.1. The summed E-state index contributed by atoms with van der Waals surface area (Å²) >= 11 is 0. The van der Waals surface area contributed by atoms with E-state index < -0.39 is 0 Å². The van der Waals surface area contributed by atoms with Crippen molar-refractivity contribution in [3.8, 4) is 0 Å². The minimum absolute atomic E-state index is 0.0747. The highest BCUT2D eigenvalue weighted by Gasteiger charge is 2.61. The highest BCUT2D eigenvalue weighted by atomic mass is 16.3. The molecule has 0 aliphatic heterocycles. The first-order valence-corrected chi connectivity index (χ1v) is 9.57. The Hall–Kier alpha value is -0.370. The van der Waals surface area contributed by atoms with Gasteiger partial charge in [0.25, 0.3) is 0 Å². The van der Waals surface area contributed by atoms with E-state index in [1.165, 1.54) is 32.1 Å². The second kappa shape index (κ2) is 4.82. The van der Waals surface area contributed by atoms with Crippen LogP contribution in [0.15, 0.2) is 0 Å². The summed E-state index contributed by atoms with van der Waals surface area (Å²) in [6.45, 7) is 7.21. The molecule has 0 aromatic rings. The van der Waals surface area contributed by atoms with Gasteiger partial charge in [-0.05, 0) is 78.9 Å². The van der Waals surface area contributed by atoms with Crippen molar-refractivity contribution in [2.24, 2.45) is 40.4 Å². The van der Waals surface area contributed by atoms with Crippen LogP contribution in [-0.4, -0.2) is 17.0 Å². The quantitative estimate of drug-likeness (QED) is 0.728. The van der Waals surface area contributed by atoms with Crippen LogP contribution in [-0.2, 0) is 4.79 Å². The number of aliphatic hydroxyl groups excluding tert-OH is 1. The zero-order valence-corrected chi connectivity index (χ0v) is 14.5. The summed E-state index contributed by atoms with van der Waals surface area (Å²) in [5, 5.41) is 10.5. The van der Waals surface area contributed by atoms with Gasteiger partial charge >= 0.3 is 0 Å². The van der Waals surface area contributed by atoms with E-state index in [4.69, 9.17) is 0 Å². The van der Waals surface area contributed by atoms with E-state index in [-0.39, 0.29) is 11.5 Å². The van der Waals surface area contributed by atoms with Crippen LogP contribution >= 0.6 is 0 Å². The second-order valence-corrected chi connectivity index (χ2v) is 9.50. The molecule has 1 N–H and O–H groups in total. The maximum atomic E-state index is 12.1. The Balaban J connectivity index is 1.67. The summed E-state index contributed by atoms with van der Waals surface area (Å²) < 4.78 is 0. The number of hydrogen-bond donors (Lipinski definition) is 1. The standard InChI is InChI=1S/C20H32O2/c1-12-10-14(21)11-13-4-5-15-16-6-7-18(22)19(16,2)9-8-17(15)20(12,13)3/h12-13,15-18,22H,4-11H2,1-3H3/t12?,13-,15-,16-,17-,18-,19-,20-/m0/s1. The van der Waals surface area contributed by atoms with Crippen LogP contribution in [0.1, 0.15) is 72.1 Å². The molecule has 124 valence electrons. The van der Waals surface area contributed by atoms with Crippen molar-refractivity contribution in [2.45, 2.75) is 78.2 Å². The molecule has 22 heavy (non-hydrogen) atoms. The van der Waals surface area contributed by atoms with Gasteiger partial charge in [0.1, 0.15) is 5.78 Å². The van der Waals surface area contributed by atoms with Gasteiger partial charge in [0.2, 0.25) is 0 Å². The third-order valence-corrected chi connectivity index (χ3v) is 8.98. The average Bonchev–Trinajstić information content (AvgIpc) is 2.77. The van der Waals surface area contributed by atoms with Crippen molar-refractivity contribution in [2.75, 3.05) is 0 Å². The zero-order chi connectivity index (χ0) is 15.7. The van der Waals surface area contributed by atoms with Crippen LogP contribution in [0.4, 0.5) is 0 Å². The first kappa shape index (κ1) is 15.2. The third kappa shape index (κ3) is 1.79. The predicted octanol–water partition coefficient (Wildman–Crippen LogP) is 4.21. The largest absolute Gasteiger partial charge is 0.393 e. The molecule has 0 bridgehead atoms. The summed E-state index contributed by atoms with van der Waals surface area (Å²) in [6, 6.07) is 0. The molecule has 0 amide bonds. The molecule has 0 aromatic heterocycles. The minimum atomic E-state index is -0.0747. The molecule has 4 fully saturated rings. The fourth-order valence-electron chi connectivity index (χ4n) is 7.45. The normalized spacial score (nSPS) is 57.9. The number of fused-ring (bicyclic) bond motifs is 5. The van der Waals surface area contributed by atoms with E-state index in [0.717, 1.165) is 37.0 Å². The van der Waals surface area contributed by atoms with E-state index in [0.29, 0.717) is 23.0 Å². The Morgan fingerprint density at radius 1 is 1.00 bits per heavy atom. The highest BCUT2D eigenvalue weighted by molar-refractivity contribution is 5.80. The Bertz CT molecular complexity index is 486. The lowest BCUT2D eigenvalue weighted by molar-refractivity contribution is -0.154. The molecular formula is C20H32O2. The third-order valence-electron chi connectivity index (χ3n) is 8.98. The number of carbonyl (C=O) groups excluding carboxylic acids is 1. The van der Waals surface area contributed by atoms with Gasteiger partial charge in [-0.25, -0.2) is 0 Å². The fraction of sp³-hybridized carbons (Fsp3) is 0.950. The molecule has 1 unspecified atom stereocenters. The first-order valence-electron chi connectivity index (χ1n) is 9.57. The van der Waals surface area contributed by atoms with Crippen LogP contribution < -0.4 is 0 Å². The number of rotatable bonds is 0. The molecular weight excluding hydrogens is 272 g/mol. The lowest BCUT2D eigenvalue weighted by Crippen LogP contribution is -2.56. The van der Waals surface area contributed by atoms with E-state index in [2.05, 4.69) is 20.8 Å². The topological polar surface area (TPSA) is 37.3 Å². The van der Waals surface area contributed by atoms with Crippen molar-refractivity contribution in [1.29, 1.82) is 0 Å². The van der Waals surface area contributed by atoms with E-state index in [9.17, 15) is 9.90 Å². The van der Waals surface area contributed by atoms with Crippen molar-refractivity contribution < 1.29 is 9.90 Å².